The first-order valence-corrected chi connectivity index (χ1v) is 20.7. The van der Waals surface area contributed by atoms with Crippen molar-refractivity contribution in [2.75, 3.05) is 13.1 Å². The molecule has 0 atom stereocenters. The van der Waals surface area contributed by atoms with Crippen molar-refractivity contribution in [1.29, 1.82) is 0 Å². The highest BCUT2D eigenvalue weighted by atomic mass is 28.3. The van der Waals surface area contributed by atoms with Crippen LogP contribution < -0.4 is 0 Å². The van der Waals surface area contributed by atoms with Crippen molar-refractivity contribution in [1.82, 2.24) is 5.01 Å². The summed E-state index contributed by atoms with van der Waals surface area (Å²) >= 11 is 0. The van der Waals surface area contributed by atoms with E-state index in [9.17, 15) is 0 Å². The van der Waals surface area contributed by atoms with Crippen LogP contribution in [0.4, 0.5) is 5.69 Å². The van der Waals surface area contributed by atoms with Gasteiger partial charge in [0.05, 0.1) is 11.1 Å². The first-order chi connectivity index (χ1) is 18.8. The number of hydrogen-bond acceptors (Lipinski definition) is 2. The van der Waals surface area contributed by atoms with E-state index < -0.39 is 16.1 Å². The second-order valence-electron chi connectivity index (χ2n) is 14.8. The Labute approximate surface area is 257 Å². The summed E-state index contributed by atoms with van der Waals surface area (Å²) < 4.78 is 0. The molecule has 0 bridgehead atoms. The van der Waals surface area contributed by atoms with Crippen LogP contribution in [0.1, 0.15) is 134 Å². The van der Waals surface area contributed by atoms with Gasteiger partial charge in [-0.2, -0.15) is 0 Å². The fraction of sp³-hybridized carbons (Fsp3) is 0.722. The van der Waals surface area contributed by atoms with Crippen LogP contribution in [-0.4, -0.2) is 34.2 Å². The van der Waals surface area contributed by atoms with Crippen molar-refractivity contribution < 1.29 is 0 Å². The molecule has 3 nitrogen and oxygen atoms in total. The molecule has 0 aliphatic heterocycles. The van der Waals surface area contributed by atoms with Crippen molar-refractivity contribution >= 4 is 21.8 Å². The molecule has 230 valence electrons. The average Bonchev–Trinajstić information content (AvgIpc) is 2.84. The van der Waals surface area contributed by atoms with E-state index in [0.717, 1.165) is 29.9 Å². The fourth-order valence-corrected chi connectivity index (χ4v) is 17.5. The molecule has 0 aromatic heterocycles. The Hall–Kier alpha value is -1.83. The summed E-state index contributed by atoms with van der Waals surface area (Å²) in [7, 11) is -3.88. The molecule has 0 heterocycles. The Morgan fingerprint density at radius 2 is 0.951 bits per heavy atom. The van der Waals surface area contributed by atoms with E-state index in [0.29, 0.717) is 33.2 Å². The largest absolute Gasteiger partial charge is 0.279 e. The van der Waals surface area contributed by atoms with Crippen LogP contribution in [0.5, 0.6) is 0 Å². The quantitative estimate of drug-likeness (QED) is 0.115. The van der Waals surface area contributed by atoms with Crippen LogP contribution in [0.3, 0.4) is 0 Å². The van der Waals surface area contributed by atoms with Gasteiger partial charge < -0.3 is 0 Å². The van der Waals surface area contributed by atoms with E-state index in [-0.39, 0.29) is 5.41 Å². The van der Waals surface area contributed by atoms with Crippen LogP contribution in [0.2, 0.25) is 33.2 Å². The zero-order valence-corrected chi connectivity index (χ0v) is 31.9. The van der Waals surface area contributed by atoms with Gasteiger partial charge in [0, 0.05) is 13.1 Å². The summed E-state index contributed by atoms with van der Waals surface area (Å²) in [5, 5.41) is 11.6. The standard InChI is InChI=1S/C36H63N3Si2/c1-18-39(19-2)38-37-35-32(20-22-40(26(3)4,27(5)6)28(7)8)24-34(36(15,16)17)25-33(35)21-23-41(29(9)10,30(11)12)31(13)14/h24-31H,18-19H2,1-17H3. The molecule has 0 spiro atoms. The third-order valence-electron chi connectivity index (χ3n) is 9.54. The predicted molar refractivity (Wildman–Crippen MR) is 188 cm³/mol. The number of hydrogen-bond donors (Lipinski definition) is 0. The van der Waals surface area contributed by atoms with Gasteiger partial charge in [0.15, 0.2) is 0 Å². The van der Waals surface area contributed by atoms with E-state index in [4.69, 9.17) is 5.11 Å². The molecular weight excluding hydrogens is 531 g/mol. The molecule has 1 aromatic carbocycles. The van der Waals surface area contributed by atoms with Crippen molar-refractivity contribution in [3.05, 3.63) is 28.8 Å². The van der Waals surface area contributed by atoms with Crippen LogP contribution in [0.25, 0.3) is 0 Å². The second-order valence-corrected chi connectivity index (χ2v) is 26.0. The van der Waals surface area contributed by atoms with Crippen molar-refractivity contribution in [3.63, 3.8) is 0 Å². The van der Waals surface area contributed by atoms with Crippen LogP contribution in [0, 0.1) is 22.9 Å². The van der Waals surface area contributed by atoms with Crippen LogP contribution in [0.15, 0.2) is 22.5 Å². The maximum absolute atomic E-state index is 4.92. The lowest BCUT2D eigenvalue weighted by molar-refractivity contribution is 0.300. The molecule has 0 aliphatic carbocycles. The van der Waals surface area contributed by atoms with E-state index in [1.54, 1.807) is 0 Å². The Morgan fingerprint density at radius 1 is 0.634 bits per heavy atom. The van der Waals surface area contributed by atoms with E-state index >= 15 is 0 Å². The van der Waals surface area contributed by atoms with Crippen molar-refractivity contribution in [2.45, 2.75) is 156 Å². The minimum atomic E-state index is -1.94. The Balaban J connectivity index is 4.31. The van der Waals surface area contributed by atoms with Crippen LogP contribution in [-0.2, 0) is 5.41 Å². The van der Waals surface area contributed by atoms with Crippen molar-refractivity contribution in [3.8, 4) is 22.9 Å². The molecule has 41 heavy (non-hydrogen) atoms. The smallest absolute Gasteiger partial charge is 0.146 e. The molecule has 0 amide bonds. The van der Waals surface area contributed by atoms with Crippen molar-refractivity contribution in [2.24, 2.45) is 10.3 Å². The highest BCUT2D eigenvalue weighted by Crippen LogP contribution is 2.42. The number of benzene rings is 1. The van der Waals surface area contributed by atoms with Gasteiger partial charge in [0.25, 0.3) is 0 Å². The zero-order valence-electron chi connectivity index (χ0n) is 29.9. The first kappa shape index (κ1) is 37.2. The monoisotopic (exact) mass is 593 g/mol. The maximum Gasteiger partial charge on any atom is 0.146 e. The number of rotatable bonds is 10. The minimum Gasteiger partial charge on any atom is -0.279 e. The van der Waals surface area contributed by atoms with E-state index in [1.165, 1.54) is 5.56 Å². The van der Waals surface area contributed by atoms with Gasteiger partial charge in [-0.3, -0.25) is 5.01 Å². The molecule has 0 unspecified atom stereocenters. The van der Waals surface area contributed by atoms with E-state index in [2.05, 4.69) is 158 Å². The van der Waals surface area contributed by atoms with Gasteiger partial charge in [-0.1, -0.05) is 121 Å². The molecular formula is C36H63N3Si2. The van der Waals surface area contributed by atoms with Gasteiger partial charge >= 0.3 is 0 Å². The van der Waals surface area contributed by atoms with Gasteiger partial charge in [0.2, 0.25) is 0 Å². The second kappa shape index (κ2) is 15.1. The molecule has 0 fully saturated rings. The average molecular weight is 594 g/mol. The summed E-state index contributed by atoms with van der Waals surface area (Å²) in [6.07, 6.45) is 0. The third-order valence-corrected chi connectivity index (χ3v) is 22.1. The minimum absolute atomic E-state index is 0.0350. The Bertz CT molecular complexity index is 1030. The summed E-state index contributed by atoms with van der Waals surface area (Å²) in [6, 6.07) is 4.54. The third kappa shape index (κ3) is 8.39. The molecule has 0 N–H and O–H groups in total. The van der Waals surface area contributed by atoms with E-state index in [1.807, 2.05) is 5.01 Å². The lowest BCUT2D eigenvalue weighted by Gasteiger charge is -2.38. The Kier molecular flexibility index (Phi) is 13.7. The van der Waals surface area contributed by atoms with Gasteiger partial charge in [-0.25, -0.2) is 0 Å². The molecule has 0 saturated heterocycles. The van der Waals surface area contributed by atoms with Gasteiger partial charge in [-0.15, -0.1) is 16.2 Å². The summed E-state index contributed by atoms with van der Waals surface area (Å²) in [6.45, 7) is 41.2. The lowest BCUT2D eigenvalue weighted by Crippen LogP contribution is -2.43. The molecule has 1 aromatic rings. The first-order valence-electron chi connectivity index (χ1n) is 16.2. The SMILES string of the molecule is CCN(CC)N=Nc1c(C#C[Si](C(C)C)(C(C)C)C(C)C)cc(C(C)(C)C)cc1C#C[Si](C(C)C)(C(C)C)C(C)C. The number of nitrogens with zero attached hydrogens (tertiary/aromatic N) is 3. The molecule has 1 rings (SSSR count). The predicted octanol–water partition coefficient (Wildman–Crippen LogP) is 11.5. The fourth-order valence-electron chi connectivity index (χ4n) is 7.04. The molecule has 0 saturated carbocycles. The molecule has 0 aliphatic rings. The topological polar surface area (TPSA) is 28.0 Å². The normalized spacial score (nSPS) is 13.0. The zero-order chi connectivity index (χ0) is 31.9. The molecule has 5 heteroatoms. The van der Waals surface area contributed by atoms with Gasteiger partial charge in [0.1, 0.15) is 21.8 Å². The summed E-state index contributed by atoms with van der Waals surface area (Å²) in [4.78, 5) is 0. The Morgan fingerprint density at radius 3 is 1.20 bits per heavy atom. The summed E-state index contributed by atoms with van der Waals surface area (Å²) in [5.41, 5.74) is 15.3. The molecule has 0 radical (unpaired) electrons. The highest BCUT2D eigenvalue weighted by Gasteiger charge is 2.42. The lowest BCUT2D eigenvalue weighted by atomic mass is 9.84. The maximum atomic E-state index is 4.92. The van der Waals surface area contributed by atoms with Crippen LogP contribution >= 0.6 is 0 Å². The van der Waals surface area contributed by atoms with Gasteiger partial charge in [-0.05, 0) is 70.2 Å². The highest BCUT2D eigenvalue weighted by molar-refractivity contribution is 6.91. The summed E-state index contributed by atoms with van der Waals surface area (Å²) in [5.74, 6) is 7.52.